The van der Waals surface area contributed by atoms with E-state index in [1.807, 2.05) is 35.3 Å². The quantitative estimate of drug-likeness (QED) is 0.785. The number of nitrogens with zero attached hydrogens (tertiary/aromatic N) is 3. The van der Waals surface area contributed by atoms with Gasteiger partial charge in [-0.05, 0) is 37.0 Å². The van der Waals surface area contributed by atoms with Gasteiger partial charge in [-0.1, -0.05) is 18.2 Å². The minimum Gasteiger partial charge on any atom is -0.361 e. The fraction of sp³-hybridized carbons (Fsp3) is 0.368. The summed E-state index contributed by atoms with van der Waals surface area (Å²) in [7, 11) is 0. The molecule has 1 aliphatic heterocycles. The van der Waals surface area contributed by atoms with Gasteiger partial charge in [0.1, 0.15) is 0 Å². The summed E-state index contributed by atoms with van der Waals surface area (Å²) in [5.41, 5.74) is 2.36. The van der Waals surface area contributed by atoms with E-state index in [1.54, 1.807) is 6.20 Å². The van der Waals surface area contributed by atoms with Crippen LogP contribution in [-0.4, -0.2) is 38.2 Å². The molecule has 1 atom stereocenters. The second-order valence-corrected chi connectivity index (χ2v) is 6.47. The van der Waals surface area contributed by atoms with Crippen molar-refractivity contribution < 1.29 is 4.79 Å². The molecule has 1 N–H and O–H groups in total. The first-order valence-electron chi connectivity index (χ1n) is 8.63. The predicted octanol–water partition coefficient (Wildman–Crippen LogP) is 2.99. The van der Waals surface area contributed by atoms with Crippen LogP contribution in [0, 0.1) is 0 Å². The standard InChI is InChI=1S/C19H22N4O/c24-19(9-8-15-13-20-18-7-2-1-6-17(15)18)23-12-3-5-16(23)14-22-11-4-10-21-22/h1-2,4,6-7,10-11,13,16,20H,3,5,8-9,12,14H2. The zero-order valence-corrected chi connectivity index (χ0v) is 13.7. The lowest BCUT2D eigenvalue weighted by Gasteiger charge is -2.24. The molecule has 1 saturated heterocycles. The Kier molecular flexibility index (Phi) is 4.07. The molecule has 3 aromatic rings. The number of H-pyrrole nitrogens is 1. The highest BCUT2D eigenvalue weighted by molar-refractivity contribution is 5.84. The molecule has 0 bridgehead atoms. The molecule has 1 unspecified atom stereocenters. The molecule has 1 aromatic carbocycles. The molecular formula is C19H22N4O. The van der Waals surface area contributed by atoms with Crippen molar-refractivity contribution in [2.45, 2.75) is 38.3 Å². The number of hydrogen-bond donors (Lipinski definition) is 1. The van der Waals surface area contributed by atoms with Crippen LogP contribution < -0.4 is 0 Å². The number of aromatic amines is 1. The Morgan fingerprint density at radius 2 is 2.21 bits per heavy atom. The summed E-state index contributed by atoms with van der Waals surface area (Å²) in [5.74, 6) is 0.259. The van der Waals surface area contributed by atoms with Crippen LogP contribution in [0.5, 0.6) is 0 Å². The minimum absolute atomic E-state index is 0.259. The predicted molar refractivity (Wildman–Crippen MR) is 93.6 cm³/mol. The van der Waals surface area contributed by atoms with Gasteiger partial charge >= 0.3 is 0 Å². The number of carbonyl (C=O) groups excluding carboxylic acids is 1. The lowest BCUT2D eigenvalue weighted by atomic mass is 10.1. The number of para-hydroxylation sites is 1. The van der Waals surface area contributed by atoms with E-state index in [0.29, 0.717) is 6.42 Å². The van der Waals surface area contributed by atoms with Gasteiger partial charge in [-0.15, -0.1) is 0 Å². The molecule has 1 amide bonds. The zero-order chi connectivity index (χ0) is 16.4. The summed E-state index contributed by atoms with van der Waals surface area (Å²) in [5, 5.41) is 5.49. The van der Waals surface area contributed by atoms with E-state index in [0.717, 1.165) is 37.9 Å². The van der Waals surface area contributed by atoms with Gasteiger partial charge in [0.25, 0.3) is 0 Å². The maximum absolute atomic E-state index is 12.7. The first-order chi connectivity index (χ1) is 11.8. The Morgan fingerprint density at radius 3 is 3.08 bits per heavy atom. The van der Waals surface area contributed by atoms with Gasteiger partial charge < -0.3 is 9.88 Å². The van der Waals surface area contributed by atoms with Gasteiger partial charge in [0.2, 0.25) is 5.91 Å². The molecule has 0 saturated carbocycles. The molecular weight excluding hydrogens is 300 g/mol. The van der Waals surface area contributed by atoms with Crippen molar-refractivity contribution in [3.05, 3.63) is 54.5 Å². The highest BCUT2D eigenvalue weighted by Gasteiger charge is 2.28. The molecule has 3 heterocycles. The third-order valence-electron chi connectivity index (χ3n) is 4.94. The summed E-state index contributed by atoms with van der Waals surface area (Å²) < 4.78 is 1.93. The van der Waals surface area contributed by atoms with Gasteiger partial charge in [-0.3, -0.25) is 9.48 Å². The maximum Gasteiger partial charge on any atom is 0.223 e. The van der Waals surface area contributed by atoms with Gasteiger partial charge in [0.15, 0.2) is 0 Å². The van der Waals surface area contributed by atoms with E-state index in [9.17, 15) is 4.79 Å². The second kappa shape index (κ2) is 6.51. The minimum atomic E-state index is 0.259. The van der Waals surface area contributed by atoms with Crippen molar-refractivity contribution in [2.24, 2.45) is 0 Å². The number of benzene rings is 1. The maximum atomic E-state index is 12.7. The van der Waals surface area contributed by atoms with Crippen molar-refractivity contribution in [1.82, 2.24) is 19.7 Å². The molecule has 5 nitrogen and oxygen atoms in total. The topological polar surface area (TPSA) is 53.9 Å². The average molecular weight is 322 g/mol. The second-order valence-electron chi connectivity index (χ2n) is 6.47. The molecule has 2 aromatic heterocycles. The highest BCUT2D eigenvalue weighted by atomic mass is 16.2. The smallest absolute Gasteiger partial charge is 0.223 e. The van der Waals surface area contributed by atoms with Crippen LogP contribution in [0.3, 0.4) is 0 Å². The van der Waals surface area contributed by atoms with E-state index in [-0.39, 0.29) is 11.9 Å². The molecule has 5 heteroatoms. The SMILES string of the molecule is O=C(CCc1c[nH]c2ccccc12)N1CCCC1Cn1cccn1. The molecule has 0 aliphatic carbocycles. The van der Waals surface area contributed by atoms with E-state index >= 15 is 0 Å². The molecule has 0 spiro atoms. The van der Waals surface area contributed by atoms with Crippen molar-refractivity contribution in [2.75, 3.05) is 6.54 Å². The highest BCUT2D eigenvalue weighted by Crippen LogP contribution is 2.22. The number of hydrogen-bond acceptors (Lipinski definition) is 2. The number of amides is 1. The van der Waals surface area contributed by atoms with Crippen LogP contribution in [-0.2, 0) is 17.8 Å². The van der Waals surface area contributed by atoms with Gasteiger partial charge in [-0.2, -0.15) is 5.10 Å². The zero-order valence-electron chi connectivity index (χ0n) is 13.7. The monoisotopic (exact) mass is 322 g/mol. The Hall–Kier alpha value is -2.56. The van der Waals surface area contributed by atoms with Crippen molar-refractivity contribution in [3.63, 3.8) is 0 Å². The van der Waals surface area contributed by atoms with E-state index in [2.05, 4.69) is 27.1 Å². The number of rotatable bonds is 5. The van der Waals surface area contributed by atoms with E-state index in [4.69, 9.17) is 0 Å². The summed E-state index contributed by atoms with van der Waals surface area (Å²) in [6.07, 6.45) is 9.29. The Labute approximate surface area is 141 Å². The van der Waals surface area contributed by atoms with Crippen LogP contribution in [0.25, 0.3) is 10.9 Å². The summed E-state index contributed by atoms with van der Waals surface area (Å²) in [4.78, 5) is 18.0. The number of aromatic nitrogens is 3. The normalized spacial score (nSPS) is 17.7. The van der Waals surface area contributed by atoms with Crippen LogP contribution in [0.1, 0.15) is 24.8 Å². The van der Waals surface area contributed by atoms with Crippen LogP contribution in [0.15, 0.2) is 48.9 Å². The largest absolute Gasteiger partial charge is 0.361 e. The van der Waals surface area contributed by atoms with E-state index < -0.39 is 0 Å². The number of fused-ring (bicyclic) bond motifs is 1. The number of carbonyl (C=O) groups is 1. The van der Waals surface area contributed by atoms with E-state index in [1.165, 1.54) is 10.9 Å². The van der Waals surface area contributed by atoms with Crippen LogP contribution in [0.4, 0.5) is 0 Å². The Balaban J connectivity index is 1.40. The third kappa shape index (κ3) is 2.94. The van der Waals surface area contributed by atoms with Crippen molar-refractivity contribution in [3.8, 4) is 0 Å². The van der Waals surface area contributed by atoms with Gasteiger partial charge in [0.05, 0.1) is 12.6 Å². The molecule has 4 rings (SSSR count). The molecule has 1 fully saturated rings. The Bertz CT molecular complexity index is 821. The first-order valence-corrected chi connectivity index (χ1v) is 8.63. The number of nitrogens with one attached hydrogen (secondary N) is 1. The fourth-order valence-corrected chi connectivity index (χ4v) is 3.70. The first kappa shape index (κ1) is 15.0. The molecule has 1 aliphatic rings. The van der Waals surface area contributed by atoms with Crippen molar-refractivity contribution in [1.29, 1.82) is 0 Å². The third-order valence-corrected chi connectivity index (χ3v) is 4.94. The average Bonchev–Trinajstić information content (AvgIpc) is 3.34. The number of likely N-dealkylation sites (tertiary alicyclic amines) is 1. The van der Waals surface area contributed by atoms with Crippen LogP contribution >= 0.6 is 0 Å². The summed E-state index contributed by atoms with van der Waals surface area (Å²) >= 11 is 0. The number of aryl methyl sites for hydroxylation is 1. The lowest BCUT2D eigenvalue weighted by Crippen LogP contribution is -2.38. The van der Waals surface area contributed by atoms with Gasteiger partial charge in [0, 0.05) is 42.5 Å². The lowest BCUT2D eigenvalue weighted by molar-refractivity contribution is -0.132. The molecule has 24 heavy (non-hydrogen) atoms. The fourth-order valence-electron chi connectivity index (χ4n) is 3.70. The molecule has 124 valence electrons. The van der Waals surface area contributed by atoms with Crippen molar-refractivity contribution >= 4 is 16.8 Å². The summed E-state index contributed by atoms with van der Waals surface area (Å²) in [6, 6.07) is 10.5. The van der Waals surface area contributed by atoms with Gasteiger partial charge in [-0.25, -0.2) is 0 Å². The summed E-state index contributed by atoms with van der Waals surface area (Å²) in [6.45, 7) is 1.67. The Morgan fingerprint density at radius 1 is 1.29 bits per heavy atom. The van der Waals surface area contributed by atoms with Crippen LogP contribution in [0.2, 0.25) is 0 Å². The molecule has 0 radical (unpaired) electrons.